The fourth-order valence-corrected chi connectivity index (χ4v) is 1.88. The first-order valence-corrected chi connectivity index (χ1v) is 4.95. The van der Waals surface area contributed by atoms with E-state index >= 15 is 0 Å². The molecule has 0 amide bonds. The monoisotopic (exact) mass is 174 g/mol. The molecule has 12 heavy (non-hydrogen) atoms. The van der Waals surface area contributed by atoms with Gasteiger partial charge in [0.05, 0.1) is 0 Å². The van der Waals surface area contributed by atoms with Gasteiger partial charge in [-0.25, -0.2) is 0 Å². The van der Waals surface area contributed by atoms with E-state index in [-0.39, 0.29) is 0 Å². The van der Waals surface area contributed by atoms with Gasteiger partial charge in [-0.2, -0.15) is 0 Å². The smallest absolute Gasteiger partial charge is 0.0214 e. The molecular weight excluding hydrogens is 164 g/mol. The van der Waals surface area contributed by atoms with Gasteiger partial charge < -0.3 is 0 Å². The van der Waals surface area contributed by atoms with E-state index in [1.807, 2.05) is 0 Å². The van der Waals surface area contributed by atoms with Gasteiger partial charge in [0.15, 0.2) is 0 Å². The molecule has 1 aliphatic rings. The van der Waals surface area contributed by atoms with Gasteiger partial charge in [0.25, 0.3) is 0 Å². The van der Waals surface area contributed by atoms with Gasteiger partial charge in [-0.1, -0.05) is 42.5 Å². The third-order valence-corrected chi connectivity index (χ3v) is 2.54. The van der Waals surface area contributed by atoms with Crippen LogP contribution < -0.4 is 0 Å². The summed E-state index contributed by atoms with van der Waals surface area (Å²) in [6, 6.07) is 10.5. The van der Waals surface area contributed by atoms with Crippen LogP contribution in [0.3, 0.4) is 0 Å². The summed E-state index contributed by atoms with van der Waals surface area (Å²) in [5.74, 6) is 0.479. The zero-order valence-corrected chi connectivity index (χ0v) is 7.50. The fraction of sp³-hybridized carbons (Fsp3) is 0.0909. The maximum atomic E-state index is 2.22. The van der Waals surface area contributed by atoms with Crippen molar-refractivity contribution in [3.8, 4) is 0 Å². The van der Waals surface area contributed by atoms with E-state index in [4.69, 9.17) is 0 Å². The van der Waals surface area contributed by atoms with Crippen molar-refractivity contribution in [2.45, 2.75) is 5.92 Å². The molecule has 0 unspecified atom stereocenters. The van der Waals surface area contributed by atoms with E-state index < -0.39 is 0 Å². The predicted molar refractivity (Wildman–Crippen MR) is 55.1 cm³/mol. The quantitative estimate of drug-likeness (QED) is 0.627. The Morgan fingerprint density at radius 3 is 2.25 bits per heavy atom. The minimum absolute atomic E-state index is 0.479. The standard InChI is InChI=1S/C11H10S/c1-2-4-10(5-3-1)11-6-8-12-9-7-11/h1-9,11H. The molecule has 0 radical (unpaired) electrons. The van der Waals surface area contributed by atoms with Crippen molar-refractivity contribution in [3.05, 3.63) is 58.9 Å². The summed E-state index contributed by atoms with van der Waals surface area (Å²) < 4.78 is 0. The Hall–Kier alpha value is -0.950. The lowest BCUT2D eigenvalue weighted by molar-refractivity contribution is 1.09. The molecule has 0 spiro atoms. The zero-order chi connectivity index (χ0) is 8.23. The summed E-state index contributed by atoms with van der Waals surface area (Å²) in [7, 11) is 0. The van der Waals surface area contributed by atoms with Gasteiger partial charge in [0.2, 0.25) is 0 Å². The van der Waals surface area contributed by atoms with Crippen LogP contribution in [0.1, 0.15) is 11.5 Å². The van der Waals surface area contributed by atoms with Gasteiger partial charge in [0, 0.05) is 5.92 Å². The van der Waals surface area contributed by atoms with Crippen molar-refractivity contribution in [3.63, 3.8) is 0 Å². The van der Waals surface area contributed by atoms with Gasteiger partial charge in [0.1, 0.15) is 0 Å². The van der Waals surface area contributed by atoms with E-state index in [1.165, 1.54) is 5.56 Å². The molecule has 0 N–H and O–H groups in total. The van der Waals surface area contributed by atoms with Crippen LogP contribution in [0.4, 0.5) is 0 Å². The zero-order valence-electron chi connectivity index (χ0n) is 6.68. The lowest BCUT2D eigenvalue weighted by atomic mass is 10.00. The minimum Gasteiger partial charge on any atom is -0.107 e. The summed E-state index contributed by atoms with van der Waals surface area (Å²) in [6.07, 6.45) is 4.44. The Kier molecular flexibility index (Phi) is 2.33. The molecule has 1 aromatic rings. The minimum atomic E-state index is 0.479. The number of rotatable bonds is 1. The molecule has 1 heterocycles. The predicted octanol–water partition coefficient (Wildman–Crippen LogP) is 3.54. The second kappa shape index (κ2) is 3.63. The average Bonchev–Trinajstić information content (AvgIpc) is 2.21. The Balaban J connectivity index is 2.25. The molecule has 0 atom stereocenters. The molecular formula is C11H10S. The lowest BCUT2D eigenvalue weighted by Crippen LogP contribution is -1.91. The molecule has 0 bridgehead atoms. The van der Waals surface area contributed by atoms with Crippen LogP contribution in [0.15, 0.2) is 53.3 Å². The van der Waals surface area contributed by atoms with Crippen molar-refractivity contribution in [1.82, 2.24) is 0 Å². The molecule has 0 saturated carbocycles. The third-order valence-electron chi connectivity index (χ3n) is 1.91. The van der Waals surface area contributed by atoms with Crippen molar-refractivity contribution in [1.29, 1.82) is 0 Å². The first kappa shape index (κ1) is 7.69. The molecule has 0 saturated heterocycles. The van der Waals surface area contributed by atoms with Crippen LogP contribution >= 0.6 is 11.8 Å². The second-order valence-electron chi connectivity index (χ2n) is 2.73. The van der Waals surface area contributed by atoms with E-state index in [9.17, 15) is 0 Å². The summed E-state index contributed by atoms with van der Waals surface area (Å²) in [5.41, 5.74) is 1.37. The summed E-state index contributed by atoms with van der Waals surface area (Å²) in [5, 5.41) is 4.27. The number of hydrogen-bond donors (Lipinski definition) is 0. The Morgan fingerprint density at radius 2 is 1.58 bits per heavy atom. The van der Waals surface area contributed by atoms with Crippen molar-refractivity contribution in [2.24, 2.45) is 0 Å². The van der Waals surface area contributed by atoms with E-state index in [0.717, 1.165) is 0 Å². The Bertz CT molecular complexity index is 286. The summed E-state index contributed by atoms with van der Waals surface area (Å²) in [6.45, 7) is 0. The number of allylic oxidation sites excluding steroid dienone is 2. The SMILES string of the molecule is C1=CC(c2ccccc2)C=CS1. The Labute approximate surface area is 77.0 Å². The number of hydrogen-bond acceptors (Lipinski definition) is 1. The molecule has 1 heteroatoms. The molecule has 1 aromatic carbocycles. The molecule has 60 valence electrons. The molecule has 0 nitrogen and oxygen atoms in total. The van der Waals surface area contributed by atoms with Gasteiger partial charge in [-0.3, -0.25) is 0 Å². The first-order valence-electron chi connectivity index (χ1n) is 4.00. The molecule has 2 rings (SSSR count). The highest BCUT2D eigenvalue weighted by atomic mass is 32.2. The van der Waals surface area contributed by atoms with Gasteiger partial charge in [-0.15, -0.1) is 11.8 Å². The normalized spacial score (nSPS) is 16.7. The van der Waals surface area contributed by atoms with Crippen molar-refractivity contribution >= 4 is 11.8 Å². The molecule has 1 aliphatic heterocycles. The van der Waals surface area contributed by atoms with Crippen LogP contribution in [0.2, 0.25) is 0 Å². The van der Waals surface area contributed by atoms with E-state index in [1.54, 1.807) is 11.8 Å². The highest BCUT2D eigenvalue weighted by Gasteiger charge is 2.04. The largest absolute Gasteiger partial charge is 0.107 e. The first-order chi connectivity index (χ1) is 5.97. The number of benzene rings is 1. The van der Waals surface area contributed by atoms with Gasteiger partial charge in [-0.05, 0) is 16.4 Å². The van der Waals surface area contributed by atoms with Crippen LogP contribution in [-0.2, 0) is 0 Å². The van der Waals surface area contributed by atoms with Crippen LogP contribution in [0.25, 0.3) is 0 Å². The Morgan fingerprint density at radius 1 is 0.917 bits per heavy atom. The highest BCUT2D eigenvalue weighted by Crippen LogP contribution is 2.25. The van der Waals surface area contributed by atoms with E-state index in [0.29, 0.717) is 5.92 Å². The topological polar surface area (TPSA) is 0 Å². The lowest BCUT2D eigenvalue weighted by Gasteiger charge is -2.09. The molecule has 0 aliphatic carbocycles. The molecule has 0 aromatic heterocycles. The van der Waals surface area contributed by atoms with Crippen LogP contribution in [0.5, 0.6) is 0 Å². The average molecular weight is 174 g/mol. The van der Waals surface area contributed by atoms with Crippen molar-refractivity contribution in [2.75, 3.05) is 0 Å². The van der Waals surface area contributed by atoms with Gasteiger partial charge >= 0.3 is 0 Å². The summed E-state index contributed by atoms with van der Waals surface area (Å²) >= 11 is 1.73. The number of thioether (sulfide) groups is 1. The maximum absolute atomic E-state index is 2.22. The fourth-order valence-electron chi connectivity index (χ4n) is 1.27. The summed E-state index contributed by atoms with van der Waals surface area (Å²) in [4.78, 5) is 0. The third kappa shape index (κ3) is 1.62. The van der Waals surface area contributed by atoms with E-state index in [2.05, 4.69) is 53.3 Å². The van der Waals surface area contributed by atoms with Crippen LogP contribution in [-0.4, -0.2) is 0 Å². The van der Waals surface area contributed by atoms with Crippen molar-refractivity contribution < 1.29 is 0 Å². The second-order valence-corrected chi connectivity index (χ2v) is 3.55. The maximum Gasteiger partial charge on any atom is 0.0214 e. The molecule has 0 fully saturated rings. The highest BCUT2D eigenvalue weighted by molar-refractivity contribution is 8.04. The van der Waals surface area contributed by atoms with Crippen LogP contribution in [0, 0.1) is 0 Å².